The highest BCUT2D eigenvalue weighted by Crippen LogP contribution is 2.20. The van der Waals surface area contributed by atoms with Crippen LogP contribution in [0.2, 0.25) is 0 Å². The summed E-state index contributed by atoms with van der Waals surface area (Å²) in [5.41, 5.74) is 7.41. The molecule has 0 aliphatic carbocycles. The first-order chi connectivity index (χ1) is 8.76. The average Bonchev–Trinajstić information content (AvgIpc) is 2.97. The van der Waals surface area contributed by atoms with Crippen LogP contribution in [0.1, 0.15) is 6.92 Å². The molecule has 3 rings (SSSR count). The first kappa shape index (κ1) is 10.6. The van der Waals surface area contributed by atoms with Gasteiger partial charge in [-0.15, -0.1) is 0 Å². The minimum Gasteiger partial charge on any atom is -0.383 e. The number of aromatic nitrogens is 5. The Labute approximate surface area is 103 Å². The SMILES string of the molecule is CCn1cc(Nc2nc(N)c3cc[nH]c3n2)cn1. The Morgan fingerprint density at radius 2 is 2.33 bits per heavy atom. The number of nitrogen functional groups attached to an aromatic ring is 1. The molecule has 0 atom stereocenters. The van der Waals surface area contributed by atoms with Crippen LogP contribution in [0, 0.1) is 0 Å². The molecule has 0 fully saturated rings. The van der Waals surface area contributed by atoms with Crippen LogP contribution < -0.4 is 11.1 Å². The number of fused-ring (bicyclic) bond motifs is 1. The van der Waals surface area contributed by atoms with Crippen molar-refractivity contribution in [2.24, 2.45) is 0 Å². The summed E-state index contributed by atoms with van der Waals surface area (Å²) >= 11 is 0. The second-order valence-electron chi connectivity index (χ2n) is 3.88. The maximum atomic E-state index is 5.85. The lowest BCUT2D eigenvalue weighted by Crippen LogP contribution is -2.00. The molecule has 18 heavy (non-hydrogen) atoms. The number of aryl methyl sites for hydroxylation is 1. The maximum Gasteiger partial charge on any atom is 0.231 e. The predicted molar refractivity (Wildman–Crippen MR) is 69.5 cm³/mol. The van der Waals surface area contributed by atoms with Crippen molar-refractivity contribution < 1.29 is 0 Å². The van der Waals surface area contributed by atoms with Crippen LogP contribution in [0.4, 0.5) is 17.5 Å². The van der Waals surface area contributed by atoms with Crippen molar-refractivity contribution in [3.8, 4) is 0 Å². The molecule has 0 saturated carbocycles. The summed E-state index contributed by atoms with van der Waals surface area (Å²) in [5, 5.41) is 8.06. The van der Waals surface area contributed by atoms with Gasteiger partial charge in [0.05, 0.1) is 17.3 Å². The third-order valence-electron chi connectivity index (χ3n) is 2.66. The zero-order chi connectivity index (χ0) is 12.5. The predicted octanol–water partition coefficient (Wildman–Crippen LogP) is 1.50. The van der Waals surface area contributed by atoms with E-state index in [9.17, 15) is 0 Å². The zero-order valence-corrected chi connectivity index (χ0v) is 9.88. The lowest BCUT2D eigenvalue weighted by Gasteiger charge is -2.03. The van der Waals surface area contributed by atoms with Gasteiger partial charge in [0.15, 0.2) is 0 Å². The monoisotopic (exact) mass is 243 g/mol. The van der Waals surface area contributed by atoms with Gasteiger partial charge in [0.1, 0.15) is 11.5 Å². The molecule has 0 bridgehead atoms. The smallest absolute Gasteiger partial charge is 0.231 e. The summed E-state index contributed by atoms with van der Waals surface area (Å²) < 4.78 is 1.82. The van der Waals surface area contributed by atoms with E-state index in [1.54, 1.807) is 12.4 Å². The number of rotatable bonds is 3. The molecule has 0 aliphatic rings. The highest BCUT2D eigenvalue weighted by atomic mass is 15.3. The van der Waals surface area contributed by atoms with Gasteiger partial charge in [0.25, 0.3) is 0 Å². The Morgan fingerprint density at radius 3 is 3.11 bits per heavy atom. The number of hydrogen-bond acceptors (Lipinski definition) is 5. The topological polar surface area (TPSA) is 97.4 Å². The number of anilines is 3. The van der Waals surface area contributed by atoms with E-state index in [-0.39, 0.29) is 0 Å². The molecule has 0 aliphatic heterocycles. The van der Waals surface area contributed by atoms with Gasteiger partial charge in [0.2, 0.25) is 5.95 Å². The largest absolute Gasteiger partial charge is 0.383 e. The molecule has 0 saturated heterocycles. The number of nitrogens with one attached hydrogen (secondary N) is 2. The van der Waals surface area contributed by atoms with Crippen LogP contribution >= 0.6 is 0 Å². The lowest BCUT2D eigenvalue weighted by molar-refractivity contribution is 0.660. The van der Waals surface area contributed by atoms with E-state index in [0.717, 1.165) is 17.6 Å². The van der Waals surface area contributed by atoms with E-state index in [1.165, 1.54) is 0 Å². The molecular formula is C11H13N7. The van der Waals surface area contributed by atoms with Crippen molar-refractivity contribution in [1.82, 2.24) is 24.7 Å². The second-order valence-corrected chi connectivity index (χ2v) is 3.88. The molecule has 3 aromatic heterocycles. The first-order valence-corrected chi connectivity index (χ1v) is 5.66. The van der Waals surface area contributed by atoms with Crippen LogP contribution in [0.15, 0.2) is 24.7 Å². The van der Waals surface area contributed by atoms with Gasteiger partial charge in [0, 0.05) is 18.9 Å². The van der Waals surface area contributed by atoms with Crippen molar-refractivity contribution in [2.75, 3.05) is 11.1 Å². The first-order valence-electron chi connectivity index (χ1n) is 5.66. The highest BCUT2D eigenvalue weighted by Gasteiger charge is 2.06. The van der Waals surface area contributed by atoms with Gasteiger partial charge in [-0.05, 0) is 13.0 Å². The maximum absolute atomic E-state index is 5.85. The molecule has 3 heterocycles. The Kier molecular flexibility index (Phi) is 2.36. The van der Waals surface area contributed by atoms with Gasteiger partial charge in [-0.2, -0.15) is 15.1 Å². The van der Waals surface area contributed by atoms with Gasteiger partial charge in [-0.3, -0.25) is 4.68 Å². The molecule has 4 N–H and O–H groups in total. The van der Waals surface area contributed by atoms with E-state index in [2.05, 4.69) is 25.4 Å². The molecular weight excluding hydrogens is 230 g/mol. The molecule has 7 nitrogen and oxygen atoms in total. The number of H-pyrrole nitrogens is 1. The molecule has 0 unspecified atom stereocenters. The van der Waals surface area contributed by atoms with Gasteiger partial charge < -0.3 is 16.0 Å². The fourth-order valence-corrected chi connectivity index (χ4v) is 1.75. The average molecular weight is 243 g/mol. The number of aromatic amines is 1. The summed E-state index contributed by atoms with van der Waals surface area (Å²) in [5.74, 6) is 0.907. The van der Waals surface area contributed by atoms with E-state index in [4.69, 9.17) is 5.73 Å². The summed E-state index contributed by atoms with van der Waals surface area (Å²) in [6.07, 6.45) is 5.40. The second kappa shape index (κ2) is 4.02. The number of nitrogens with two attached hydrogens (primary N) is 1. The van der Waals surface area contributed by atoms with Crippen LogP contribution in [0.5, 0.6) is 0 Å². The minimum absolute atomic E-state index is 0.451. The van der Waals surface area contributed by atoms with Crippen molar-refractivity contribution >= 4 is 28.5 Å². The summed E-state index contributed by atoms with van der Waals surface area (Å²) in [4.78, 5) is 11.5. The quantitative estimate of drug-likeness (QED) is 0.647. The van der Waals surface area contributed by atoms with Crippen molar-refractivity contribution in [2.45, 2.75) is 13.5 Å². The molecule has 0 aromatic carbocycles. The lowest BCUT2D eigenvalue weighted by atomic mass is 10.4. The van der Waals surface area contributed by atoms with E-state index < -0.39 is 0 Å². The Morgan fingerprint density at radius 1 is 1.44 bits per heavy atom. The third-order valence-corrected chi connectivity index (χ3v) is 2.66. The van der Waals surface area contributed by atoms with Gasteiger partial charge >= 0.3 is 0 Å². The van der Waals surface area contributed by atoms with Crippen LogP contribution in [-0.2, 0) is 6.54 Å². The van der Waals surface area contributed by atoms with Crippen molar-refractivity contribution in [3.05, 3.63) is 24.7 Å². The number of nitrogens with zero attached hydrogens (tertiary/aromatic N) is 4. The van der Waals surface area contributed by atoms with Crippen LogP contribution in [-0.4, -0.2) is 24.7 Å². The molecule has 92 valence electrons. The van der Waals surface area contributed by atoms with Crippen LogP contribution in [0.25, 0.3) is 11.0 Å². The summed E-state index contributed by atoms with van der Waals surface area (Å²) in [7, 11) is 0. The molecule has 7 heteroatoms. The molecule has 0 radical (unpaired) electrons. The molecule has 0 spiro atoms. The number of hydrogen-bond donors (Lipinski definition) is 3. The third kappa shape index (κ3) is 1.75. The Bertz CT molecular complexity index is 682. The zero-order valence-electron chi connectivity index (χ0n) is 9.88. The minimum atomic E-state index is 0.451. The van der Waals surface area contributed by atoms with E-state index in [0.29, 0.717) is 17.4 Å². The van der Waals surface area contributed by atoms with E-state index in [1.807, 2.05) is 23.9 Å². The standard InChI is InChI=1S/C11H13N7/c1-2-18-6-7(5-14-18)15-11-16-9(12)8-3-4-13-10(8)17-11/h3-6H,2H2,1H3,(H4,12,13,15,16,17). The fraction of sp³-hybridized carbons (Fsp3) is 0.182. The highest BCUT2D eigenvalue weighted by molar-refractivity contribution is 5.87. The van der Waals surface area contributed by atoms with Gasteiger partial charge in [-0.1, -0.05) is 0 Å². The molecule has 0 amide bonds. The summed E-state index contributed by atoms with van der Waals surface area (Å²) in [6, 6.07) is 1.85. The van der Waals surface area contributed by atoms with Gasteiger partial charge in [-0.25, -0.2) is 0 Å². The Hall–Kier alpha value is -2.57. The van der Waals surface area contributed by atoms with Crippen LogP contribution in [0.3, 0.4) is 0 Å². The van der Waals surface area contributed by atoms with E-state index >= 15 is 0 Å². The summed E-state index contributed by atoms with van der Waals surface area (Å²) in [6.45, 7) is 2.84. The Balaban J connectivity index is 1.94. The fourth-order valence-electron chi connectivity index (χ4n) is 1.75. The molecule has 3 aromatic rings. The normalized spacial score (nSPS) is 10.9. The van der Waals surface area contributed by atoms with Crippen molar-refractivity contribution in [1.29, 1.82) is 0 Å². The van der Waals surface area contributed by atoms with Crippen molar-refractivity contribution in [3.63, 3.8) is 0 Å².